The minimum atomic E-state index is -0.663. The van der Waals surface area contributed by atoms with E-state index in [2.05, 4.69) is 10.5 Å². The molecule has 0 aliphatic heterocycles. The number of esters is 1. The van der Waals surface area contributed by atoms with Gasteiger partial charge in [-0.2, -0.15) is 5.10 Å². The molecule has 3 rings (SSSR count). The van der Waals surface area contributed by atoms with Gasteiger partial charge < -0.3 is 9.47 Å². The first-order valence-electron chi connectivity index (χ1n) is 9.19. The first kappa shape index (κ1) is 22.0. The second kappa shape index (κ2) is 10.4. The van der Waals surface area contributed by atoms with Crippen molar-refractivity contribution < 1.29 is 23.5 Å². The smallest absolute Gasteiger partial charge is 0.343 e. The lowest BCUT2D eigenvalue weighted by atomic mass is 10.2. The average molecular weight is 441 g/mol. The van der Waals surface area contributed by atoms with Gasteiger partial charge >= 0.3 is 5.97 Å². The SMILES string of the molecule is Cc1cc(Cl)ccc1OCC(=O)N/N=C/c1ccc(OC(=O)c2cccc(F)c2)cc1. The van der Waals surface area contributed by atoms with E-state index in [1.54, 1.807) is 42.5 Å². The Labute approximate surface area is 183 Å². The molecule has 158 valence electrons. The number of carbonyl (C=O) groups is 2. The van der Waals surface area contributed by atoms with E-state index in [9.17, 15) is 14.0 Å². The molecule has 31 heavy (non-hydrogen) atoms. The highest BCUT2D eigenvalue weighted by Crippen LogP contribution is 2.21. The third-order valence-corrected chi connectivity index (χ3v) is 4.28. The van der Waals surface area contributed by atoms with Crippen molar-refractivity contribution in [2.75, 3.05) is 6.61 Å². The Bertz CT molecular complexity index is 1120. The van der Waals surface area contributed by atoms with Crippen LogP contribution in [0.25, 0.3) is 0 Å². The lowest BCUT2D eigenvalue weighted by Gasteiger charge is -2.08. The maximum absolute atomic E-state index is 13.2. The Balaban J connectivity index is 1.47. The summed E-state index contributed by atoms with van der Waals surface area (Å²) in [6.07, 6.45) is 1.43. The molecule has 0 radical (unpaired) electrons. The van der Waals surface area contributed by atoms with E-state index in [4.69, 9.17) is 21.1 Å². The monoisotopic (exact) mass is 440 g/mol. The van der Waals surface area contributed by atoms with Crippen LogP contribution in [0.4, 0.5) is 4.39 Å². The van der Waals surface area contributed by atoms with Gasteiger partial charge in [0.05, 0.1) is 11.8 Å². The molecule has 1 amide bonds. The molecule has 3 aromatic rings. The Morgan fingerprint density at radius 3 is 2.58 bits per heavy atom. The molecule has 0 aliphatic carbocycles. The predicted octanol–water partition coefficient (Wildman–Crippen LogP) is 4.54. The molecular formula is C23H18ClFN2O4. The van der Waals surface area contributed by atoms with E-state index in [-0.39, 0.29) is 12.2 Å². The number of ether oxygens (including phenoxy) is 2. The van der Waals surface area contributed by atoms with Gasteiger partial charge in [0.1, 0.15) is 17.3 Å². The van der Waals surface area contributed by atoms with E-state index < -0.39 is 17.7 Å². The number of aryl methyl sites for hydroxylation is 1. The van der Waals surface area contributed by atoms with Gasteiger partial charge in [-0.15, -0.1) is 0 Å². The first-order valence-corrected chi connectivity index (χ1v) is 9.57. The van der Waals surface area contributed by atoms with Gasteiger partial charge in [0, 0.05) is 5.02 Å². The Kier molecular flexibility index (Phi) is 7.35. The number of rotatable bonds is 7. The van der Waals surface area contributed by atoms with Gasteiger partial charge in [0.25, 0.3) is 5.91 Å². The molecule has 0 fully saturated rings. The van der Waals surface area contributed by atoms with Crippen molar-refractivity contribution in [2.24, 2.45) is 5.10 Å². The number of hydrogen-bond donors (Lipinski definition) is 1. The fourth-order valence-electron chi connectivity index (χ4n) is 2.53. The van der Waals surface area contributed by atoms with Crippen molar-refractivity contribution in [3.05, 3.63) is 94.3 Å². The summed E-state index contributed by atoms with van der Waals surface area (Å²) < 4.78 is 23.8. The van der Waals surface area contributed by atoms with Crippen molar-refractivity contribution >= 4 is 29.7 Å². The predicted molar refractivity (Wildman–Crippen MR) is 115 cm³/mol. The molecule has 8 heteroatoms. The zero-order chi connectivity index (χ0) is 22.2. The largest absolute Gasteiger partial charge is 0.483 e. The summed E-state index contributed by atoms with van der Waals surface area (Å²) in [7, 11) is 0. The van der Waals surface area contributed by atoms with Crippen molar-refractivity contribution in [2.45, 2.75) is 6.92 Å². The molecule has 0 heterocycles. The summed E-state index contributed by atoms with van der Waals surface area (Å²) in [6.45, 7) is 1.63. The number of carbonyl (C=O) groups excluding carboxylic acids is 2. The molecule has 0 saturated heterocycles. The van der Waals surface area contributed by atoms with Crippen molar-refractivity contribution in [3.63, 3.8) is 0 Å². The molecule has 0 aliphatic rings. The fraction of sp³-hybridized carbons (Fsp3) is 0.0870. The second-order valence-corrected chi connectivity index (χ2v) is 6.90. The number of halogens is 2. The Morgan fingerprint density at radius 2 is 1.87 bits per heavy atom. The quantitative estimate of drug-likeness (QED) is 0.253. The van der Waals surface area contributed by atoms with E-state index in [1.807, 2.05) is 6.92 Å². The summed E-state index contributed by atoms with van der Waals surface area (Å²) in [6, 6.07) is 16.8. The van der Waals surface area contributed by atoms with Crippen molar-refractivity contribution in [1.82, 2.24) is 5.43 Å². The van der Waals surface area contributed by atoms with Gasteiger partial charge in [0.15, 0.2) is 6.61 Å². The Hall–Kier alpha value is -3.71. The second-order valence-electron chi connectivity index (χ2n) is 6.46. The maximum atomic E-state index is 13.2. The zero-order valence-electron chi connectivity index (χ0n) is 16.5. The highest BCUT2D eigenvalue weighted by atomic mass is 35.5. The van der Waals surface area contributed by atoms with Crippen LogP contribution in [0.15, 0.2) is 71.8 Å². The number of hydrogen-bond acceptors (Lipinski definition) is 5. The summed E-state index contributed by atoms with van der Waals surface area (Å²) >= 11 is 5.88. The number of nitrogens with zero attached hydrogens (tertiary/aromatic N) is 1. The van der Waals surface area contributed by atoms with Crippen LogP contribution in [-0.4, -0.2) is 24.7 Å². The minimum absolute atomic E-state index is 0.115. The summed E-state index contributed by atoms with van der Waals surface area (Å²) in [5.74, 6) is -0.749. The molecule has 1 N–H and O–H groups in total. The van der Waals surface area contributed by atoms with Gasteiger partial charge in [-0.1, -0.05) is 17.7 Å². The zero-order valence-corrected chi connectivity index (χ0v) is 17.2. The van der Waals surface area contributed by atoms with Gasteiger partial charge in [0.2, 0.25) is 0 Å². The van der Waals surface area contributed by atoms with Crippen LogP contribution in [-0.2, 0) is 4.79 Å². The van der Waals surface area contributed by atoms with Crippen molar-refractivity contribution in [1.29, 1.82) is 0 Å². The highest BCUT2D eigenvalue weighted by Gasteiger charge is 2.09. The van der Waals surface area contributed by atoms with E-state index in [0.717, 1.165) is 11.6 Å². The molecule has 0 spiro atoms. The first-order chi connectivity index (χ1) is 14.9. The van der Waals surface area contributed by atoms with Crippen LogP contribution in [0.2, 0.25) is 5.02 Å². The maximum Gasteiger partial charge on any atom is 0.343 e. The van der Waals surface area contributed by atoms with Gasteiger partial charge in [-0.25, -0.2) is 14.6 Å². The molecule has 0 atom stereocenters. The van der Waals surface area contributed by atoms with Crippen LogP contribution in [0.1, 0.15) is 21.5 Å². The van der Waals surface area contributed by atoms with Crippen LogP contribution >= 0.6 is 11.6 Å². The van der Waals surface area contributed by atoms with Crippen LogP contribution in [0, 0.1) is 12.7 Å². The van der Waals surface area contributed by atoms with E-state index in [0.29, 0.717) is 22.1 Å². The summed E-state index contributed by atoms with van der Waals surface area (Å²) in [4.78, 5) is 23.9. The highest BCUT2D eigenvalue weighted by molar-refractivity contribution is 6.30. The topological polar surface area (TPSA) is 77.0 Å². The van der Waals surface area contributed by atoms with Crippen LogP contribution < -0.4 is 14.9 Å². The fourth-order valence-corrected chi connectivity index (χ4v) is 2.76. The number of hydrazone groups is 1. The summed E-state index contributed by atoms with van der Waals surface area (Å²) in [5.41, 5.74) is 3.97. The van der Waals surface area contributed by atoms with E-state index in [1.165, 1.54) is 24.4 Å². The molecule has 6 nitrogen and oxygen atoms in total. The third kappa shape index (κ3) is 6.65. The minimum Gasteiger partial charge on any atom is -0.483 e. The lowest BCUT2D eigenvalue weighted by molar-refractivity contribution is -0.123. The third-order valence-electron chi connectivity index (χ3n) is 4.05. The molecule has 0 aromatic heterocycles. The molecule has 0 unspecified atom stereocenters. The molecule has 0 bridgehead atoms. The van der Waals surface area contributed by atoms with Crippen molar-refractivity contribution in [3.8, 4) is 11.5 Å². The normalized spacial score (nSPS) is 10.7. The van der Waals surface area contributed by atoms with Gasteiger partial charge in [-0.05, 0) is 78.7 Å². The number of nitrogens with one attached hydrogen (secondary N) is 1. The Morgan fingerprint density at radius 1 is 1.10 bits per heavy atom. The number of amides is 1. The van der Waals surface area contributed by atoms with Gasteiger partial charge in [-0.3, -0.25) is 4.79 Å². The standard InChI is InChI=1S/C23H18ClFN2O4/c1-15-11-18(24)7-10-21(15)30-14-22(28)27-26-13-16-5-8-20(9-6-16)31-23(29)17-3-2-4-19(25)12-17/h2-13H,14H2,1H3,(H,27,28)/b26-13+. The van der Waals surface area contributed by atoms with Crippen LogP contribution in [0.3, 0.4) is 0 Å². The number of benzene rings is 3. The summed E-state index contributed by atoms with van der Waals surface area (Å²) in [5, 5.41) is 4.45. The van der Waals surface area contributed by atoms with Crippen LogP contribution in [0.5, 0.6) is 11.5 Å². The average Bonchev–Trinajstić information content (AvgIpc) is 2.74. The molecular weight excluding hydrogens is 423 g/mol. The molecule has 3 aromatic carbocycles. The van der Waals surface area contributed by atoms with E-state index >= 15 is 0 Å². The molecule has 0 saturated carbocycles. The lowest BCUT2D eigenvalue weighted by Crippen LogP contribution is -2.24.